The molecule has 0 unspecified atom stereocenters. The van der Waals surface area contributed by atoms with E-state index in [2.05, 4.69) is 10.6 Å². The molecule has 4 rings (SSSR count). The van der Waals surface area contributed by atoms with Crippen LogP contribution < -0.4 is 15.4 Å². The van der Waals surface area contributed by atoms with Crippen LogP contribution in [0.25, 0.3) is 12.2 Å². The van der Waals surface area contributed by atoms with Crippen LogP contribution in [0, 0.1) is 5.82 Å². The summed E-state index contributed by atoms with van der Waals surface area (Å²) in [5.74, 6) is -0.858. The van der Waals surface area contributed by atoms with Gasteiger partial charge in [0, 0.05) is 16.8 Å². The molecule has 7 heteroatoms. The number of halogens is 1. The quantitative estimate of drug-likeness (QED) is 0.179. The van der Waals surface area contributed by atoms with Gasteiger partial charge in [-0.3, -0.25) is 14.4 Å². The zero-order chi connectivity index (χ0) is 28.3. The SMILES string of the molecule is CCOc1ccc(/C=C(\NC(=O)c2ccccc2)C(=O)Nc2ccc(C(=O)/C=C/c3ccc(F)cc3)cc2)cc1. The number of amides is 2. The highest BCUT2D eigenvalue weighted by atomic mass is 19.1. The van der Waals surface area contributed by atoms with Gasteiger partial charge in [0.2, 0.25) is 0 Å². The predicted molar refractivity (Wildman–Crippen MR) is 154 cm³/mol. The lowest BCUT2D eigenvalue weighted by Gasteiger charge is -2.12. The fourth-order valence-corrected chi connectivity index (χ4v) is 3.69. The van der Waals surface area contributed by atoms with Gasteiger partial charge in [0.1, 0.15) is 17.3 Å². The normalized spacial score (nSPS) is 11.2. The number of nitrogens with one attached hydrogen (secondary N) is 2. The molecule has 0 aliphatic carbocycles. The van der Waals surface area contributed by atoms with E-state index in [0.29, 0.717) is 40.3 Å². The molecule has 0 saturated carbocycles. The number of hydrogen-bond donors (Lipinski definition) is 2. The Morgan fingerprint density at radius 3 is 2.08 bits per heavy atom. The van der Waals surface area contributed by atoms with E-state index >= 15 is 0 Å². The molecule has 0 saturated heterocycles. The van der Waals surface area contributed by atoms with E-state index in [1.807, 2.05) is 6.92 Å². The van der Waals surface area contributed by atoms with E-state index in [4.69, 9.17) is 4.74 Å². The highest BCUT2D eigenvalue weighted by Gasteiger charge is 2.15. The topological polar surface area (TPSA) is 84.5 Å². The van der Waals surface area contributed by atoms with E-state index in [1.54, 1.807) is 103 Å². The van der Waals surface area contributed by atoms with Crippen molar-refractivity contribution in [2.24, 2.45) is 0 Å². The van der Waals surface area contributed by atoms with Crippen LogP contribution in [0.3, 0.4) is 0 Å². The van der Waals surface area contributed by atoms with Gasteiger partial charge < -0.3 is 15.4 Å². The largest absolute Gasteiger partial charge is 0.494 e. The first-order valence-corrected chi connectivity index (χ1v) is 12.6. The van der Waals surface area contributed by atoms with Crippen LogP contribution in [0.15, 0.2) is 115 Å². The van der Waals surface area contributed by atoms with Crippen LogP contribution in [0.4, 0.5) is 10.1 Å². The molecule has 2 N–H and O–H groups in total. The number of carbonyl (C=O) groups is 3. The Labute approximate surface area is 231 Å². The van der Waals surface area contributed by atoms with Crippen molar-refractivity contribution in [1.82, 2.24) is 5.32 Å². The number of hydrogen-bond acceptors (Lipinski definition) is 4. The van der Waals surface area contributed by atoms with E-state index in [1.165, 1.54) is 18.2 Å². The van der Waals surface area contributed by atoms with Crippen molar-refractivity contribution in [1.29, 1.82) is 0 Å². The molecule has 0 atom stereocenters. The summed E-state index contributed by atoms with van der Waals surface area (Å²) in [6.45, 7) is 2.42. The molecule has 0 aliphatic rings. The standard InChI is InChI=1S/C33H27FN2O4/c1-2-40-29-19-10-24(11-20-29)22-30(36-32(38)26-6-4-3-5-7-26)33(39)35-28-17-13-25(14-18-28)31(37)21-12-23-8-15-27(34)16-9-23/h3-22H,2H2,1H3,(H,35,39)(H,36,38)/b21-12+,30-22-. The minimum Gasteiger partial charge on any atom is -0.494 e. The molecule has 0 aromatic heterocycles. The second-order valence-corrected chi connectivity index (χ2v) is 8.66. The third kappa shape index (κ3) is 7.85. The highest BCUT2D eigenvalue weighted by molar-refractivity contribution is 6.11. The smallest absolute Gasteiger partial charge is 0.272 e. The first-order chi connectivity index (χ1) is 19.4. The molecular weight excluding hydrogens is 507 g/mol. The number of ether oxygens (including phenoxy) is 1. The van der Waals surface area contributed by atoms with E-state index in [9.17, 15) is 18.8 Å². The highest BCUT2D eigenvalue weighted by Crippen LogP contribution is 2.17. The van der Waals surface area contributed by atoms with Gasteiger partial charge in [-0.25, -0.2) is 4.39 Å². The Morgan fingerprint density at radius 1 is 0.775 bits per heavy atom. The van der Waals surface area contributed by atoms with E-state index in [0.717, 1.165) is 0 Å². The van der Waals surface area contributed by atoms with Crippen LogP contribution >= 0.6 is 0 Å². The summed E-state index contributed by atoms with van der Waals surface area (Å²) in [4.78, 5) is 38.6. The fraction of sp³-hybridized carbons (Fsp3) is 0.0606. The lowest BCUT2D eigenvalue weighted by Crippen LogP contribution is -2.30. The van der Waals surface area contributed by atoms with E-state index in [-0.39, 0.29) is 17.3 Å². The maximum atomic E-state index is 13.2. The zero-order valence-electron chi connectivity index (χ0n) is 21.8. The Bertz CT molecular complexity index is 1530. The summed E-state index contributed by atoms with van der Waals surface area (Å²) in [6, 6.07) is 27.9. The molecular formula is C33H27FN2O4. The van der Waals surface area contributed by atoms with Gasteiger partial charge >= 0.3 is 0 Å². The van der Waals surface area contributed by atoms with Crippen LogP contribution in [-0.4, -0.2) is 24.2 Å². The summed E-state index contributed by atoms with van der Waals surface area (Å²) in [5, 5.41) is 5.47. The number of carbonyl (C=O) groups excluding carboxylic acids is 3. The molecule has 6 nitrogen and oxygen atoms in total. The molecule has 2 amide bonds. The van der Waals surface area contributed by atoms with Gasteiger partial charge in [0.05, 0.1) is 6.61 Å². The summed E-state index contributed by atoms with van der Waals surface area (Å²) in [7, 11) is 0. The zero-order valence-corrected chi connectivity index (χ0v) is 21.8. The van der Waals surface area contributed by atoms with Gasteiger partial charge in [-0.1, -0.05) is 48.5 Å². The monoisotopic (exact) mass is 534 g/mol. The minimum atomic E-state index is -0.534. The maximum Gasteiger partial charge on any atom is 0.272 e. The summed E-state index contributed by atoms with van der Waals surface area (Å²) >= 11 is 0. The van der Waals surface area contributed by atoms with Crippen molar-refractivity contribution in [3.05, 3.63) is 143 Å². The molecule has 40 heavy (non-hydrogen) atoms. The second kappa shape index (κ2) is 13.5. The first kappa shape index (κ1) is 27.7. The molecule has 4 aromatic rings. The second-order valence-electron chi connectivity index (χ2n) is 8.66. The van der Waals surface area contributed by atoms with Gasteiger partial charge in [0.15, 0.2) is 5.78 Å². The van der Waals surface area contributed by atoms with E-state index < -0.39 is 11.8 Å². The molecule has 0 heterocycles. The summed E-state index contributed by atoms with van der Waals surface area (Å²) in [5.41, 5.74) is 2.69. The number of allylic oxidation sites excluding steroid dienone is 1. The van der Waals surface area contributed by atoms with Crippen LogP contribution in [0.5, 0.6) is 5.75 Å². The lowest BCUT2D eigenvalue weighted by molar-refractivity contribution is -0.113. The maximum absolute atomic E-state index is 13.2. The third-order valence-corrected chi connectivity index (χ3v) is 5.76. The molecule has 0 spiro atoms. The average molecular weight is 535 g/mol. The van der Waals surface area contributed by atoms with Crippen LogP contribution in [-0.2, 0) is 4.79 Å². The number of benzene rings is 4. The Kier molecular flexibility index (Phi) is 9.35. The third-order valence-electron chi connectivity index (χ3n) is 5.76. The molecule has 0 radical (unpaired) electrons. The lowest BCUT2D eigenvalue weighted by atomic mass is 10.1. The van der Waals surface area contributed by atoms with Crippen molar-refractivity contribution in [3.8, 4) is 5.75 Å². The van der Waals surface area contributed by atoms with Crippen LogP contribution in [0.1, 0.15) is 38.8 Å². The molecule has 0 bridgehead atoms. The minimum absolute atomic E-state index is 0.0420. The number of rotatable bonds is 10. The van der Waals surface area contributed by atoms with Gasteiger partial charge in [-0.05, 0) is 90.9 Å². The molecule has 4 aromatic carbocycles. The molecule has 0 fully saturated rings. The first-order valence-electron chi connectivity index (χ1n) is 12.6. The van der Waals surface area contributed by atoms with Crippen molar-refractivity contribution >= 4 is 35.4 Å². The van der Waals surface area contributed by atoms with Gasteiger partial charge in [-0.2, -0.15) is 0 Å². The fourth-order valence-electron chi connectivity index (χ4n) is 3.69. The van der Waals surface area contributed by atoms with Gasteiger partial charge in [0.25, 0.3) is 11.8 Å². The number of ketones is 1. The molecule has 0 aliphatic heterocycles. The Morgan fingerprint density at radius 2 is 1.43 bits per heavy atom. The molecule has 200 valence electrons. The van der Waals surface area contributed by atoms with Crippen molar-refractivity contribution in [2.75, 3.05) is 11.9 Å². The van der Waals surface area contributed by atoms with Crippen molar-refractivity contribution in [3.63, 3.8) is 0 Å². The Balaban J connectivity index is 1.49. The number of anilines is 1. The summed E-state index contributed by atoms with van der Waals surface area (Å²) < 4.78 is 18.5. The van der Waals surface area contributed by atoms with Crippen molar-refractivity contribution < 1.29 is 23.5 Å². The predicted octanol–water partition coefficient (Wildman–Crippen LogP) is 6.53. The van der Waals surface area contributed by atoms with Crippen molar-refractivity contribution in [2.45, 2.75) is 6.92 Å². The average Bonchev–Trinajstić information content (AvgIpc) is 2.98. The Hall–Kier alpha value is -5.30. The summed E-state index contributed by atoms with van der Waals surface area (Å²) in [6.07, 6.45) is 4.58. The van der Waals surface area contributed by atoms with Gasteiger partial charge in [-0.15, -0.1) is 0 Å². The van der Waals surface area contributed by atoms with Crippen LogP contribution in [0.2, 0.25) is 0 Å².